The number of pyridine rings is 2. The SMILES string of the molecule is Cc1cc(C(F)(F)F)nc2c1cc(Cc1c(Cl)ccnc1Cl)n2C. The highest BCUT2D eigenvalue weighted by molar-refractivity contribution is 6.35. The third-order valence-corrected chi connectivity index (χ3v) is 4.58. The first kappa shape index (κ1) is 17.0. The van der Waals surface area contributed by atoms with E-state index in [1.807, 2.05) is 0 Å². The third-order valence-electron chi connectivity index (χ3n) is 3.90. The Morgan fingerprint density at radius 3 is 2.54 bits per heavy atom. The van der Waals surface area contributed by atoms with Crippen molar-refractivity contribution in [1.29, 1.82) is 0 Å². The number of nitrogens with zero attached hydrogens (tertiary/aromatic N) is 3. The number of halogens is 5. The Balaban J connectivity index is 2.14. The molecule has 3 aromatic rings. The molecule has 0 saturated carbocycles. The molecule has 3 heterocycles. The number of alkyl halides is 3. The molecule has 126 valence electrons. The first-order chi connectivity index (χ1) is 11.2. The molecule has 0 amide bonds. The van der Waals surface area contributed by atoms with E-state index in [2.05, 4.69) is 9.97 Å². The van der Waals surface area contributed by atoms with Crippen molar-refractivity contribution >= 4 is 34.2 Å². The van der Waals surface area contributed by atoms with E-state index in [1.165, 1.54) is 6.20 Å². The molecule has 0 bridgehead atoms. The fourth-order valence-corrected chi connectivity index (χ4v) is 3.08. The second-order valence-corrected chi connectivity index (χ2v) is 6.26. The van der Waals surface area contributed by atoms with Gasteiger partial charge < -0.3 is 4.57 Å². The van der Waals surface area contributed by atoms with Gasteiger partial charge in [0.1, 0.15) is 16.5 Å². The number of aryl methyl sites for hydroxylation is 2. The molecule has 0 aliphatic carbocycles. The molecule has 0 spiro atoms. The molecule has 3 rings (SSSR count). The van der Waals surface area contributed by atoms with E-state index >= 15 is 0 Å². The summed E-state index contributed by atoms with van der Waals surface area (Å²) in [6.07, 6.45) is -2.64. The fraction of sp³-hybridized carbons (Fsp3) is 0.250. The molecule has 0 unspecified atom stereocenters. The predicted octanol–water partition coefficient (Wildman–Crippen LogP) is 5.19. The van der Waals surface area contributed by atoms with Gasteiger partial charge in [0, 0.05) is 41.3 Å². The van der Waals surface area contributed by atoms with Crippen LogP contribution in [0.5, 0.6) is 0 Å². The molecule has 3 nitrogen and oxygen atoms in total. The largest absolute Gasteiger partial charge is 0.433 e. The lowest BCUT2D eigenvalue weighted by molar-refractivity contribution is -0.141. The summed E-state index contributed by atoms with van der Waals surface area (Å²) in [6, 6.07) is 4.48. The summed E-state index contributed by atoms with van der Waals surface area (Å²) in [5.74, 6) is 0. The quantitative estimate of drug-likeness (QED) is 0.578. The molecule has 0 fully saturated rings. The summed E-state index contributed by atoms with van der Waals surface area (Å²) in [5.41, 5.74) is 1.25. The van der Waals surface area contributed by atoms with Gasteiger partial charge in [-0.05, 0) is 30.7 Å². The van der Waals surface area contributed by atoms with Crippen molar-refractivity contribution in [1.82, 2.24) is 14.5 Å². The normalized spacial score (nSPS) is 12.1. The van der Waals surface area contributed by atoms with Gasteiger partial charge in [0.15, 0.2) is 0 Å². The van der Waals surface area contributed by atoms with Crippen LogP contribution in [0, 0.1) is 6.92 Å². The van der Waals surface area contributed by atoms with Crippen LogP contribution in [0.1, 0.15) is 22.5 Å². The van der Waals surface area contributed by atoms with Crippen LogP contribution in [-0.2, 0) is 19.6 Å². The number of hydrogen-bond donors (Lipinski definition) is 0. The number of aromatic nitrogens is 3. The van der Waals surface area contributed by atoms with Crippen LogP contribution in [0.3, 0.4) is 0 Å². The van der Waals surface area contributed by atoms with Crippen LogP contribution in [0.15, 0.2) is 24.4 Å². The molecule has 0 N–H and O–H groups in total. The smallest absolute Gasteiger partial charge is 0.332 e. The van der Waals surface area contributed by atoms with Gasteiger partial charge in [-0.1, -0.05) is 23.2 Å². The highest BCUT2D eigenvalue weighted by Crippen LogP contribution is 2.33. The van der Waals surface area contributed by atoms with E-state index in [9.17, 15) is 13.2 Å². The van der Waals surface area contributed by atoms with Gasteiger partial charge in [0.05, 0.1) is 0 Å². The zero-order valence-corrected chi connectivity index (χ0v) is 14.3. The van der Waals surface area contributed by atoms with E-state index in [4.69, 9.17) is 23.2 Å². The minimum atomic E-state index is -4.49. The lowest BCUT2D eigenvalue weighted by atomic mass is 10.1. The standard InChI is InChI=1S/C16H12Cl2F3N3/c1-8-5-13(16(19,20)21)23-15-10(8)6-9(24(15)2)7-11-12(17)3-4-22-14(11)18/h3-6H,7H2,1-2H3. The minimum Gasteiger partial charge on any atom is -0.332 e. The van der Waals surface area contributed by atoms with Gasteiger partial charge >= 0.3 is 6.18 Å². The Morgan fingerprint density at radius 2 is 1.92 bits per heavy atom. The molecular weight excluding hydrogens is 362 g/mol. The molecule has 0 aliphatic rings. The van der Waals surface area contributed by atoms with E-state index in [1.54, 1.807) is 30.7 Å². The predicted molar refractivity (Wildman–Crippen MR) is 87.5 cm³/mol. The second kappa shape index (κ2) is 5.93. The highest BCUT2D eigenvalue weighted by atomic mass is 35.5. The molecule has 0 aromatic carbocycles. The van der Waals surface area contributed by atoms with Crippen molar-refractivity contribution in [2.75, 3.05) is 0 Å². The van der Waals surface area contributed by atoms with Crippen molar-refractivity contribution in [3.8, 4) is 0 Å². The average Bonchev–Trinajstić information content (AvgIpc) is 2.80. The topological polar surface area (TPSA) is 30.7 Å². The number of hydrogen-bond acceptors (Lipinski definition) is 2. The monoisotopic (exact) mass is 373 g/mol. The Morgan fingerprint density at radius 1 is 1.21 bits per heavy atom. The van der Waals surface area contributed by atoms with Crippen molar-refractivity contribution in [3.63, 3.8) is 0 Å². The summed E-state index contributed by atoms with van der Waals surface area (Å²) < 4.78 is 40.5. The highest BCUT2D eigenvalue weighted by Gasteiger charge is 2.33. The fourth-order valence-electron chi connectivity index (χ4n) is 2.60. The van der Waals surface area contributed by atoms with E-state index in [-0.39, 0.29) is 10.8 Å². The van der Waals surface area contributed by atoms with Crippen LogP contribution in [0.2, 0.25) is 10.2 Å². The summed E-state index contributed by atoms with van der Waals surface area (Å²) in [5, 5.41) is 1.39. The van der Waals surface area contributed by atoms with Gasteiger partial charge in [0.25, 0.3) is 0 Å². The third kappa shape index (κ3) is 2.96. The van der Waals surface area contributed by atoms with Crippen LogP contribution in [-0.4, -0.2) is 14.5 Å². The Bertz CT molecular complexity index is 912. The van der Waals surface area contributed by atoms with Gasteiger partial charge in [-0.2, -0.15) is 13.2 Å². The Hall–Kier alpha value is -1.79. The van der Waals surface area contributed by atoms with Crippen molar-refractivity contribution in [3.05, 3.63) is 57.1 Å². The number of fused-ring (bicyclic) bond motifs is 1. The maximum absolute atomic E-state index is 13.0. The molecule has 0 saturated heterocycles. The van der Waals surface area contributed by atoms with Crippen LogP contribution < -0.4 is 0 Å². The van der Waals surface area contributed by atoms with Crippen LogP contribution in [0.25, 0.3) is 11.0 Å². The zero-order valence-electron chi connectivity index (χ0n) is 12.7. The molecule has 24 heavy (non-hydrogen) atoms. The summed E-state index contributed by atoms with van der Waals surface area (Å²) in [4.78, 5) is 7.76. The molecule has 0 radical (unpaired) electrons. The van der Waals surface area contributed by atoms with Crippen LogP contribution in [0.4, 0.5) is 13.2 Å². The minimum absolute atomic E-state index is 0.272. The maximum Gasteiger partial charge on any atom is 0.433 e. The summed E-state index contributed by atoms with van der Waals surface area (Å²) in [6.45, 7) is 1.63. The average molecular weight is 374 g/mol. The van der Waals surface area contributed by atoms with Gasteiger partial charge in [0.2, 0.25) is 0 Å². The molecule has 0 atom stereocenters. The van der Waals surface area contributed by atoms with E-state index in [0.717, 1.165) is 11.8 Å². The van der Waals surface area contributed by atoms with Crippen molar-refractivity contribution < 1.29 is 13.2 Å². The summed E-state index contributed by atoms with van der Waals surface area (Å²) >= 11 is 12.2. The van der Waals surface area contributed by atoms with Crippen LogP contribution >= 0.6 is 23.2 Å². The number of rotatable bonds is 2. The summed E-state index contributed by atoms with van der Waals surface area (Å²) in [7, 11) is 1.67. The van der Waals surface area contributed by atoms with E-state index < -0.39 is 11.9 Å². The molecule has 0 aliphatic heterocycles. The Labute approximate surface area is 146 Å². The lowest BCUT2D eigenvalue weighted by Crippen LogP contribution is -2.09. The first-order valence-electron chi connectivity index (χ1n) is 7.00. The maximum atomic E-state index is 13.0. The lowest BCUT2D eigenvalue weighted by Gasteiger charge is -2.09. The first-order valence-corrected chi connectivity index (χ1v) is 7.76. The second-order valence-electron chi connectivity index (χ2n) is 5.49. The van der Waals surface area contributed by atoms with Gasteiger partial charge in [-0.3, -0.25) is 0 Å². The molecule has 8 heteroatoms. The Kier molecular flexibility index (Phi) is 4.21. The van der Waals surface area contributed by atoms with E-state index in [0.29, 0.717) is 28.0 Å². The van der Waals surface area contributed by atoms with Crippen molar-refractivity contribution in [2.45, 2.75) is 19.5 Å². The van der Waals surface area contributed by atoms with Crippen molar-refractivity contribution in [2.24, 2.45) is 7.05 Å². The molecule has 3 aromatic heterocycles. The van der Waals surface area contributed by atoms with Gasteiger partial charge in [-0.15, -0.1) is 0 Å². The zero-order chi connectivity index (χ0) is 17.6. The molecular formula is C16H12Cl2F3N3. The van der Waals surface area contributed by atoms with Gasteiger partial charge in [-0.25, -0.2) is 9.97 Å².